The van der Waals surface area contributed by atoms with Crippen molar-refractivity contribution < 1.29 is 17.9 Å². The van der Waals surface area contributed by atoms with Crippen LogP contribution in [0.2, 0.25) is 0 Å². The van der Waals surface area contributed by atoms with Crippen molar-refractivity contribution in [1.82, 2.24) is 5.32 Å². The normalized spacial score (nSPS) is 12.6. The van der Waals surface area contributed by atoms with Gasteiger partial charge in [-0.3, -0.25) is 9.10 Å². The fourth-order valence-electron chi connectivity index (χ4n) is 3.29. The standard InChI is InChI=1S/C19H32N2O4S/c1-14-9-10-16(25-7)15(11-14)21(26(8,23)24)12-17(22)20-19(5,6)13-18(2,3)4/h9-11H,12-13H2,1-8H3,(H,20,22). The molecule has 0 saturated carbocycles. The third kappa shape index (κ3) is 6.86. The summed E-state index contributed by atoms with van der Waals surface area (Å²) in [6.45, 7) is 11.7. The van der Waals surface area contributed by atoms with Crippen molar-refractivity contribution in [2.45, 2.75) is 53.5 Å². The Bertz CT molecular complexity index is 749. The lowest BCUT2D eigenvalue weighted by Crippen LogP contribution is -2.50. The Morgan fingerprint density at radius 1 is 1.19 bits per heavy atom. The van der Waals surface area contributed by atoms with Crippen LogP contribution in [0.5, 0.6) is 5.75 Å². The Morgan fingerprint density at radius 2 is 1.77 bits per heavy atom. The minimum absolute atomic E-state index is 0.0348. The van der Waals surface area contributed by atoms with Gasteiger partial charge in [0.25, 0.3) is 0 Å². The van der Waals surface area contributed by atoms with Gasteiger partial charge < -0.3 is 10.1 Å². The number of anilines is 1. The smallest absolute Gasteiger partial charge is 0.241 e. The maximum Gasteiger partial charge on any atom is 0.241 e. The number of amides is 1. The predicted molar refractivity (Wildman–Crippen MR) is 106 cm³/mol. The number of carbonyl (C=O) groups excluding carboxylic acids is 1. The monoisotopic (exact) mass is 384 g/mol. The Kier molecular flexibility index (Phi) is 6.74. The van der Waals surface area contributed by atoms with E-state index in [1.54, 1.807) is 12.1 Å². The molecule has 0 fully saturated rings. The Labute approximate surface area is 158 Å². The molecule has 0 aliphatic heterocycles. The highest BCUT2D eigenvalue weighted by atomic mass is 32.2. The number of hydrogen-bond donors (Lipinski definition) is 1. The van der Waals surface area contributed by atoms with E-state index < -0.39 is 15.6 Å². The van der Waals surface area contributed by atoms with Crippen LogP contribution in [0.1, 0.15) is 46.6 Å². The third-order valence-electron chi connectivity index (χ3n) is 3.74. The van der Waals surface area contributed by atoms with Crippen LogP contribution in [-0.4, -0.2) is 39.8 Å². The van der Waals surface area contributed by atoms with Gasteiger partial charge in [0, 0.05) is 5.54 Å². The van der Waals surface area contributed by atoms with Gasteiger partial charge in [0.05, 0.1) is 19.1 Å². The average molecular weight is 385 g/mol. The van der Waals surface area contributed by atoms with Crippen LogP contribution in [0.3, 0.4) is 0 Å². The van der Waals surface area contributed by atoms with Crippen molar-refractivity contribution in [2.75, 3.05) is 24.2 Å². The molecule has 0 aromatic heterocycles. The predicted octanol–water partition coefficient (Wildman–Crippen LogP) is 3.10. The molecule has 0 atom stereocenters. The van der Waals surface area contributed by atoms with E-state index in [2.05, 4.69) is 26.1 Å². The van der Waals surface area contributed by atoms with Crippen LogP contribution in [0.25, 0.3) is 0 Å². The second kappa shape index (κ2) is 7.86. The van der Waals surface area contributed by atoms with E-state index >= 15 is 0 Å². The second-order valence-corrected chi connectivity index (χ2v) is 10.5. The van der Waals surface area contributed by atoms with Gasteiger partial charge in [-0.1, -0.05) is 26.8 Å². The summed E-state index contributed by atoms with van der Waals surface area (Å²) in [4.78, 5) is 12.6. The highest BCUT2D eigenvalue weighted by Gasteiger charge is 2.30. The molecule has 0 unspecified atom stereocenters. The van der Waals surface area contributed by atoms with Gasteiger partial charge in [-0.05, 0) is 50.3 Å². The molecule has 7 heteroatoms. The summed E-state index contributed by atoms with van der Waals surface area (Å²) in [5.74, 6) is 0.0519. The van der Waals surface area contributed by atoms with Crippen molar-refractivity contribution in [3.8, 4) is 5.75 Å². The molecule has 0 spiro atoms. The number of carbonyl (C=O) groups is 1. The summed E-state index contributed by atoms with van der Waals surface area (Å²) >= 11 is 0. The van der Waals surface area contributed by atoms with Gasteiger partial charge in [-0.2, -0.15) is 0 Å². The Hall–Kier alpha value is -1.76. The van der Waals surface area contributed by atoms with Gasteiger partial charge >= 0.3 is 0 Å². The molecule has 1 N–H and O–H groups in total. The second-order valence-electron chi connectivity index (χ2n) is 8.61. The number of rotatable bonds is 7. The summed E-state index contributed by atoms with van der Waals surface area (Å²) in [6, 6.07) is 5.23. The topological polar surface area (TPSA) is 75.7 Å². The van der Waals surface area contributed by atoms with Crippen LogP contribution < -0.4 is 14.4 Å². The number of nitrogens with zero attached hydrogens (tertiary/aromatic N) is 1. The summed E-state index contributed by atoms with van der Waals surface area (Å²) in [6.07, 6.45) is 1.85. The lowest BCUT2D eigenvalue weighted by Gasteiger charge is -2.34. The lowest BCUT2D eigenvalue weighted by molar-refractivity contribution is -0.121. The zero-order valence-corrected chi connectivity index (χ0v) is 18.0. The molecule has 0 heterocycles. The molecule has 6 nitrogen and oxygen atoms in total. The van der Waals surface area contributed by atoms with E-state index in [-0.39, 0.29) is 17.9 Å². The first-order valence-corrected chi connectivity index (χ1v) is 10.4. The molecule has 26 heavy (non-hydrogen) atoms. The van der Waals surface area contributed by atoms with E-state index in [4.69, 9.17) is 4.74 Å². The van der Waals surface area contributed by atoms with Crippen molar-refractivity contribution in [1.29, 1.82) is 0 Å². The van der Waals surface area contributed by atoms with Gasteiger partial charge in [-0.25, -0.2) is 8.42 Å². The molecule has 1 aromatic rings. The number of hydrogen-bond acceptors (Lipinski definition) is 4. The van der Waals surface area contributed by atoms with Gasteiger partial charge in [0.2, 0.25) is 15.9 Å². The zero-order valence-electron chi connectivity index (χ0n) is 17.1. The quantitative estimate of drug-likeness (QED) is 0.784. The molecular weight excluding hydrogens is 352 g/mol. The number of benzene rings is 1. The van der Waals surface area contributed by atoms with Crippen molar-refractivity contribution >= 4 is 21.6 Å². The fraction of sp³-hybridized carbons (Fsp3) is 0.632. The Balaban J connectivity index is 3.11. The minimum atomic E-state index is -3.66. The molecule has 1 rings (SSSR count). The largest absolute Gasteiger partial charge is 0.495 e. The number of sulfonamides is 1. The van der Waals surface area contributed by atoms with Crippen molar-refractivity contribution in [2.24, 2.45) is 5.41 Å². The number of aryl methyl sites for hydroxylation is 1. The van der Waals surface area contributed by atoms with Crippen LogP contribution in [-0.2, 0) is 14.8 Å². The highest BCUT2D eigenvalue weighted by molar-refractivity contribution is 7.92. The minimum Gasteiger partial charge on any atom is -0.495 e. The van der Waals surface area contributed by atoms with E-state index in [0.29, 0.717) is 11.4 Å². The van der Waals surface area contributed by atoms with E-state index in [1.807, 2.05) is 26.8 Å². The van der Waals surface area contributed by atoms with Gasteiger partial charge in [-0.15, -0.1) is 0 Å². The lowest BCUT2D eigenvalue weighted by atomic mass is 9.82. The fourth-order valence-corrected chi connectivity index (χ4v) is 4.15. The molecule has 0 bridgehead atoms. The average Bonchev–Trinajstić information content (AvgIpc) is 2.40. The molecule has 1 aromatic carbocycles. The molecule has 0 aliphatic rings. The number of methoxy groups -OCH3 is 1. The number of nitrogens with one attached hydrogen (secondary N) is 1. The first kappa shape index (κ1) is 22.3. The summed E-state index contributed by atoms with van der Waals surface area (Å²) in [5.41, 5.74) is 0.823. The summed E-state index contributed by atoms with van der Waals surface area (Å²) < 4.78 is 31.0. The van der Waals surface area contributed by atoms with Crippen LogP contribution >= 0.6 is 0 Å². The van der Waals surface area contributed by atoms with Crippen LogP contribution in [0.4, 0.5) is 5.69 Å². The third-order valence-corrected chi connectivity index (χ3v) is 4.87. The summed E-state index contributed by atoms with van der Waals surface area (Å²) in [5, 5.41) is 2.95. The molecular formula is C19H32N2O4S. The highest BCUT2D eigenvalue weighted by Crippen LogP contribution is 2.31. The van der Waals surface area contributed by atoms with E-state index in [1.165, 1.54) is 7.11 Å². The molecule has 1 amide bonds. The zero-order chi connectivity index (χ0) is 20.3. The van der Waals surface area contributed by atoms with Crippen molar-refractivity contribution in [3.63, 3.8) is 0 Å². The van der Waals surface area contributed by atoms with Crippen LogP contribution in [0.15, 0.2) is 18.2 Å². The first-order chi connectivity index (χ1) is 11.6. The number of ether oxygens (including phenoxy) is 1. The molecule has 0 aliphatic carbocycles. The van der Waals surface area contributed by atoms with E-state index in [9.17, 15) is 13.2 Å². The Morgan fingerprint density at radius 3 is 2.23 bits per heavy atom. The molecule has 0 saturated heterocycles. The SMILES string of the molecule is COc1ccc(C)cc1N(CC(=O)NC(C)(C)CC(C)(C)C)S(C)(=O)=O. The molecule has 148 valence electrons. The van der Waals surface area contributed by atoms with Gasteiger partial charge in [0.1, 0.15) is 12.3 Å². The van der Waals surface area contributed by atoms with E-state index in [0.717, 1.165) is 22.5 Å². The summed E-state index contributed by atoms with van der Waals surface area (Å²) in [7, 11) is -2.19. The van der Waals surface area contributed by atoms with Gasteiger partial charge in [0.15, 0.2) is 0 Å². The van der Waals surface area contributed by atoms with Crippen LogP contribution in [0, 0.1) is 12.3 Å². The first-order valence-electron chi connectivity index (χ1n) is 8.58. The molecule has 0 radical (unpaired) electrons. The maximum absolute atomic E-state index is 12.6. The van der Waals surface area contributed by atoms with Crippen molar-refractivity contribution in [3.05, 3.63) is 23.8 Å². The maximum atomic E-state index is 12.6.